The highest BCUT2D eigenvalue weighted by atomic mass is 15.2. The molecule has 1 saturated carbocycles. The molecule has 0 bridgehead atoms. The van der Waals surface area contributed by atoms with Gasteiger partial charge in [-0.1, -0.05) is 13.3 Å². The second-order valence-corrected chi connectivity index (χ2v) is 6.17. The van der Waals surface area contributed by atoms with Crippen LogP contribution in [-0.2, 0) is 0 Å². The van der Waals surface area contributed by atoms with Crippen LogP contribution >= 0.6 is 0 Å². The number of hydrogen-bond donors (Lipinski definition) is 1. The summed E-state index contributed by atoms with van der Waals surface area (Å²) in [5.74, 6) is 1.03. The first kappa shape index (κ1) is 13.4. The van der Waals surface area contributed by atoms with Gasteiger partial charge in [-0.25, -0.2) is 0 Å². The molecule has 0 amide bonds. The van der Waals surface area contributed by atoms with E-state index in [1.807, 2.05) is 0 Å². The molecule has 2 atom stereocenters. The zero-order valence-corrected chi connectivity index (χ0v) is 11.8. The number of piperidine rings is 1. The van der Waals surface area contributed by atoms with E-state index in [1.165, 1.54) is 64.6 Å². The number of nitrogens with one attached hydrogen (secondary N) is 1. The van der Waals surface area contributed by atoms with Crippen molar-refractivity contribution in [3.63, 3.8) is 0 Å². The lowest BCUT2D eigenvalue weighted by Gasteiger charge is -2.33. The van der Waals surface area contributed by atoms with Gasteiger partial charge in [0, 0.05) is 18.6 Å². The van der Waals surface area contributed by atoms with Crippen LogP contribution in [0.15, 0.2) is 0 Å². The Morgan fingerprint density at radius 3 is 2.65 bits per heavy atom. The van der Waals surface area contributed by atoms with Gasteiger partial charge < -0.3 is 10.2 Å². The van der Waals surface area contributed by atoms with Gasteiger partial charge in [0.05, 0.1) is 0 Å². The Morgan fingerprint density at radius 2 is 2.06 bits per heavy atom. The van der Waals surface area contributed by atoms with Crippen LogP contribution in [0, 0.1) is 5.92 Å². The lowest BCUT2D eigenvalue weighted by molar-refractivity contribution is 0.172. The molecule has 17 heavy (non-hydrogen) atoms. The van der Waals surface area contributed by atoms with Crippen LogP contribution < -0.4 is 5.32 Å². The van der Waals surface area contributed by atoms with Crippen molar-refractivity contribution in [1.82, 2.24) is 10.2 Å². The molecule has 1 aliphatic carbocycles. The van der Waals surface area contributed by atoms with Crippen molar-refractivity contribution < 1.29 is 0 Å². The minimum atomic E-state index is 0.770. The zero-order valence-electron chi connectivity index (χ0n) is 11.8. The minimum Gasteiger partial charge on any atom is -0.314 e. The maximum absolute atomic E-state index is 3.69. The molecule has 1 saturated heterocycles. The Kier molecular flexibility index (Phi) is 5.30. The Morgan fingerprint density at radius 1 is 1.24 bits per heavy atom. The third-order valence-corrected chi connectivity index (χ3v) is 4.36. The Balaban J connectivity index is 1.74. The molecule has 1 heterocycles. The van der Waals surface area contributed by atoms with Crippen molar-refractivity contribution in [2.45, 2.75) is 70.9 Å². The van der Waals surface area contributed by atoms with Gasteiger partial charge in [-0.2, -0.15) is 0 Å². The average molecular weight is 238 g/mol. The normalized spacial score (nSPS) is 27.4. The second-order valence-electron chi connectivity index (χ2n) is 6.17. The average Bonchev–Trinajstić information content (AvgIpc) is 3.14. The molecule has 2 aliphatic rings. The van der Waals surface area contributed by atoms with Crippen molar-refractivity contribution in [1.29, 1.82) is 0 Å². The Hall–Kier alpha value is -0.0800. The lowest BCUT2D eigenvalue weighted by atomic mass is 9.98. The molecule has 2 heteroatoms. The summed E-state index contributed by atoms with van der Waals surface area (Å²) in [6.45, 7) is 8.65. The van der Waals surface area contributed by atoms with Crippen LogP contribution in [0.1, 0.15) is 58.8 Å². The maximum atomic E-state index is 3.69. The van der Waals surface area contributed by atoms with Gasteiger partial charge in [0.25, 0.3) is 0 Å². The molecular formula is C15H30N2. The SMILES string of the molecule is CCCN(CC1CC1)C(C)CC1CCCCN1. The molecule has 2 nitrogen and oxygen atoms in total. The summed E-state index contributed by atoms with van der Waals surface area (Å²) in [5, 5.41) is 3.69. The first-order chi connectivity index (χ1) is 8.29. The standard InChI is InChI=1S/C15H30N2/c1-3-10-17(12-14-7-8-14)13(2)11-15-6-4-5-9-16-15/h13-16H,3-12H2,1-2H3. The van der Waals surface area contributed by atoms with E-state index in [2.05, 4.69) is 24.1 Å². The first-order valence-electron chi connectivity index (χ1n) is 7.77. The highest BCUT2D eigenvalue weighted by Gasteiger charge is 2.27. The van der Waals surface area contributed by atoms with E-state index < -0.39 is 0 Å². The highest BCUT2D eigenvalue weighted by molar-refractivity contribution is 4.83. The molecule has 1 N–H and O–H groups in total. The largest absolute Gasteiger partial charge is 0.314 e. The number of nitrogens with zero attached hydrogens (tertiary/aromatic N) is 1. The molecule has 0 aromatic heterocycles. The molecule has 0 aromatic rings. The molecule has 2 rings (SSSR count). The van der Waals surface area contributed by atoms with E-state index in [0.717, 1.165) is 18.0 Å². The zero-order chi connectivity index (χ0) is 12.1. The predicted octanol–water partition coefficient (Wildman–Crippen LogP) is 3.03. The van der Waals surface area contributed by atoms with Crippen molar-refractivity contribution in [3.05, 3.63) is 0 Å². The molecule has 0 spiro atoms. The molecule has 2 unspecified atom stereocenters. The van der Waals surface area contributed by atoms with Crippen LogP contribution in [0.5, 0.6) is 0 Å². The highest BCUT2D eigenvalue weighted by Crippen LogP contribution is 2.31. The Bertz CT molecular complexity index is 207. The van der Waals surface area contributed by atoms with E-state index in [0.29, 0.717) is 0 Å². The van der Waals surface area contributed by atoms with Crippen molar-refractivity contribution >= 4 is 0 Å². The maximum Gasteiger partial charge on any atom is 0.00818 e. The van der Waals surface area contributed by atoms with Gasteiger partial charge in [-0.15, -0.1) is 0 Å². The lowest BCUT2D eigenvalue weighted by Crippen LogP contribution is -2.42. The molecule has 1 aliphatic heterocycles. The van der Waals surface area contributed by atoms with E-state index in [9.17, 15) is 0 Å². The van der Waals surface area contributed by atoms with E-state index in [-0.39, 0.29) is 0 Å². The third-order valence-electron chi connectivity index (χ3n) is 4.36. The van der Waals surface area contributed by atoms with Crippen LogP contribution in [-0.4, -0.2) is 36.6 Å². The molecular weight excluding hydrogens is 208 g/mol. The predicted molar refractivity (Wildman–Crippen MR) is 74.3 cm³/mol. The van der Waals surface area contributed by atoms with Crippen molar-refractivity contribution in [2.75, 3.05) is 19.6 Å². The summed E-state index contributed by atoms with van der Waals surface area (Å²) in [4.78, 5) is 2.74. The fraction of sp³-hybridized carbons (Fsp3) is 1.00. The molecule has 0 aromatic carbocycles. The third kappa shape index (κ3) is 4.59. The fourth-order valence-electron chi connectivity index (χ4n) is 3.10. The second kappa shape index (κ2) is 6.75. The van der Waals surface area contributed by atoms with Gasteiger partial charge in [-0.3, -0.25) is 0 Å². The van der Waals surface area contributed by atoms with Gasteiger partial charge in [0.15, 0.2) is 0 Å². The van der Waals surface area contributed by atoms with Crippen LogP contribution in [0.25, 0.3) is 0 Å². The molecule has 2 fully saturated rings. The van der Waals surface area contributed by atoms with Gasteiger partial charge in [-0.05, 0) is 64.5 Å². The summed E-state index contributed by atoms with van der Waals surface area (Å²) in [5.41, 5.74) is 0. The summed E-state index contributed by atoms with van der Waals surface area (Å²) >= 11 is 0. The van der Waals surface area contributed by atoms with Crippen LogP contribution in [0.3, 0.4) is 0 Å². The van der Waals surface area contributed by atoms with Gasteiger partial charge in [0.1, 0.15) is 0 Å². The van der Waals surface area contributed by atoms with Gasteiger partial charge >= 0.3 is 0 Å². The monoisotopic (exact) mass is 238 g/mol. The van der Waals surface area contributed by atoms with E-state index >= 15 is 0 Å². The topological polar surface area (TPSA) is 15.3 Å². The Labute approximate surface area is 107 Å². The summed E-state index contributed by atoms with van der Waals surface area (Å²) in [6.07, 6.45) is 9.82. The van der Waals surface area contributed by atoms with E-state index in [4.69, 9.17) is 0 Å². The molecule has 0 radical (unpaired) electrons. The van der Waals surface area contributed by atoms with Crippen molar-refractivity contribution in [2.24, 2.45) is 5.92 Å². The van der Waals surface area contributed by atoms with E-state index in [1.54, 1.807) is 0 Å². The van der Waals surface area contributed by atoms with Crippen molar-refractivity contribution in [3.8, 4) is 0 Å². The molecule has 100 valence electrons. The van der Waals surface area contributed by atoms with Gasteiger partial charge in [0.2, 0.25) is 0 Å². The fourth-order valence-corrected chi connectivity index (χ4v) is 3.10. The number of hydrogen-bond acceptors (Lipinski definition) is 2. The van der Waals surface area contributed by atoms with Crippen LogP contribution in [0.4, 0.5) is 0 Å². The summed E-state index contributed by atoms with van der Waals surface area (Å²) in [7, 11) is 0. The minimum absolute atomic E-state index is 0.770. The summed E-state index contributed by atoms with van der Waals surface area (Å²) in [6, 6.07) is 1.56. The van der Waals surface area contributed by atoms with Crippen LogP contribution in [0.2, 0.25) is 0 Å². The summed E-state index contributed by atoms with van der Waals surface area (Å²) < 4.78 is 0. The quantitative estimate of drug-likeness (QED) is 0.733. The smallest absolute Gasteiger partial charge is 0.00818 e. The number of rotatable bonds is 7. The first-order valence-corrected chi connectivity index (χ1v) is 7.77.